The number of hydrogen-bond acceptors (Lipinski definition) is 0. The first-order valence-electron chi connectivity index (χ1n) is 8.86. The van der Waals surface area contributed by atoms with E-state index in [0.717, 1.165) is 11.8 Å². The van der Waals surface area contributed by atoms with Crippen LogP contribution in [0.3, 0.4) is 0 Å². The normalized spacial score (nSPS) is 21.9. The van der Waals surface area contributed by atoms with Crippen LogP contribution in [0.15, 0.2) is 29.8 Å². The van der Waals surface area contributed by atoms with Crippen molar-refractivity contribution < 1.29 is 0 Å². The Kier molecular flexibility index (Phi) is 5.67. The lowest BCUT2D eigenvalue weighted by Crippen LogP contribution is -1.95. The summed E-state index contributed by atoms with van der Waals surface area (Å²) < 4.78 is 0. The molecule has 0 saturated heterocycles. The van der Waals surface area contributed by atoms with Crippen LogP contribution in [-0.2, 0) is 0 Å². The number of allylic oxidation sites excluding steroid dienone is 2. The highest BCUT2D eigenvalue weighted by atomic mass is 14.3. The number of hydrogen-bond donors (Lipinski definition) is 0. The lowest BCUT2D eigenvalue weighted by atomic mass is 9.92. The topological polar surface area (TPSA) is 0 Å². The van der Waals surface area contributed by atoms with Gasteiger partial charge in [0.1, 0.15) is 0 Å². The number of benzene rings is 1. The molecule has 0 heterocycles. The standard InChI is InChI=1S/C21H32/c1-6-8-16(5)9-10-19-13-17(7-2)20-12-11-18(15(3)4)14-21(19)20/h9,11-12,14-15,17,19H,6-8,10,13H2,1-5H3. The van der Waals surface area contributed by atoms with E-state index in [1.54, 1.807) is 16.7 Å². The summed E-state index contributed by atoms with van der Waals surface area (Å²) in [7, 11) is 0. The van der Waals surface area contributed by atoms with Crippen LogP contribution in [-0.4, -0.2) is 0 Å². The summed E-state index contributed by atoms with van der Waals surface area (Å²) in [6.07, 6.45) is 8.88. The predicted octanol–water partition coefficient (Wildman–Crippen LogP) is 6.93. The largest absolute Gasteiger partial charge is 0.0850 e. The Hall–Kier alpha value is -1.04. The van der Waals surface area contributed by atoms with Crippen molar-refractivity contribution >= 4 is 0 Å². The van der Waals surface area contributed by atoms with E-state index in [-0.39, 0.29) is 0 Å². The minimum Gasteiger partial charge on any atom is -0.0850 e. The molecule has 0 aliphatic heterocycles. The summed E-state index contributed by atoms with van der Waals surface area (Å²) >= 11 is 0. The summed E-state index contributed by atoms with van der Waals surface area (Å²) in [6, 6.07) is 7.28. The fourth-order valence-electron chi connectivity index (χ4n) is 3.72. The van der Waals surface area contributed by atoms with Gasteiger partial charge in [0.25, 0.3) is 0 Å². The van der Waals surface area contributed by atoms with Crippen molar-refractivity contribution in [2.24, 2.45) is 0 Å². The van der Waals surface area contributed by atoms with Crippen molar-refractivity contribution in [3.63, 3.8) is 0 Å². The zero-order valence-electron chi connectivity index (χ0n) is 14.6. The molecule has 0 N–H and O–H groups in total. The van der Waals surface area contributed by atoms with Crippen molar-refractivity contribution in [2.45, 2.75) is 84.5 Å². The fraction of sp³-hybridized carbons (Fsp3) is 0.619. The first-order chi connectivity index (χ1) is 10.1. The van der Waals surface area contributed by atoms with Crippen LogP contribution in [0.2, 0.25) is 0 Å². The van der Waals surface area contributed by atoms with E-state index in [2.05, 4.69) is 58.9 Å². The van der Waals surface area contributed by atoms with Gasteiger partial charge in [-0.1, -0.05) is 64.0 Å². The third kappa shape index (κ3) is 3.78. The molecule has 1 aliphatic rings. The molecule has 21 heavy (non-hydrogen) atoms. The second kappa shape index (κ2) is 7.29. The Bertz CT molecular complexity index is 493. The van der Waals surface area contributed by atoms with Crippen molar-refractivity contribution in [1.82, 2.24) is 0 Å². The van der Waals surface area contributed by atoms with Gasteiger partial charge in [-0.2, -0.15) is 0 Å². The van der Waals surface area contributed by atoms with Gasteiger partial charge in [0.2, 0.25) is 0 Å². The van der Waals surface area contributed by atoms with Crippen LogP contribution in [0.4, 0.5) is 0 Å². The van der Waals surface area contributed by atoms with E-state index in [1.807, 2.05) is 0 Å². The zero-order chi connectivity index (χ0) is 15.4. The van der Waals surface area contributed by atoms with Gasteiger partial charge in [0, 0.05) is 0 Å². The van der Waals surface area contributed by atoms with Crippen LogP contribution < -0.4 is 0 Å². The number of rotatable bonds is 6. The molecule has 0 bridgehead atoms. The van der Waals surface area contributed by atoms with E-state index in [4.69, 9.17) is 0 Å². The average Bonchev–Trinajstić information content (AvgIpc) is 2.82. The van der Waals surface area contributed by atoms with E-state index in [0.29, 0.717) is 5.92 Å². The Labute approximate surface area is 131 Å². The van der Waals surface area contributed by atoms with Crippen LogP contribution in [0.25, 0.3) is 0 Å². The van der Waals surface area contributed by atoms with E-state index in [1.165, 1.54) is 37.7 Å². The molecule has 1 aromatic carbocycles. The monoisotopic (exact) mass is 284 g/mol. The molecule has 116 valence electrons. The van der Waals surface area contributed by atoms with Gasteiger partial charge in [0.15, 0.2) is 0 Å². The molecule has 2 rings (SSSR count). The lowest BCUT2D eigenvalue weighted by molar-refractivity contribution is 0.578. The maximum atomic E-state index is 2.50. The first-order valence-corrected chi connectivity index (χ1v) is 8.86. The predicted molar refractivity (Wildman–Crippen MR) is 94.2 cm³/mol. The van der Waals surface area contributed by atoms with Gasteiger partial charge in [-0.05, 0) is 67.1 Å². The Morgan fingerprint density at radius 2 is 1.95 bits per heavy atom. The number of fused-ring (bicyclic) bond motifs is 1. The second-order valence-electron chi connectivity index (χ2n) is 7.12. The maximum absolute atomic E-state index is 2.50. The van der Waals surface area contributed by atoms with Gasteiger partial charge >= 0.3 is 0 Å². The van der Waals surface area contributed by atoms with Crippen molar-refractivity contribution in [3.05, 3.63) is 46.5 Å². The van der Waals surface area contributed by atoms with Crippen LogP contribution in [0, 0.1) is 0 Å². The summed E-state index contributed by atoms with van der Waals surface area (Å²) in [5, 5.41) is 0. The molecule has 2 atom stereocenters. The molecule has 0 nitrogen and oxygen atoms in total. The fourth-order valence-corrected chi connectivity index (χ4v) is 3.72. The van der Waals surface area contributed by atoms with Crippen molar-refractivity contribution in [2.75, 3.05) is 0 Å². The van der Waals surface area contributed by atoms with Gasteiger partial charge in [-0.25, -0.2) is 0 Å². The molecule has 0 aromatic heterocycles. The smallest absolute Gasteiger partial charge is 0.0119 e. The van der Waals surface area contributed by atoms with Gasteiger partial charge < -0.3 is 0 Å². The SMILES string of the molecule is CCCC(C)=CCC1CC(CC)c2ccc(C(C)C)cc21. The van der Waals surface area contributed by atoms with Crippen LogP contribution in [0.5, 0.6) is 0 Å². The van der Waals surface area contributed by atoms with Crippen LogP contribution >= 0.6 is 0 Å². The molecule has 0 radical (unpaired) electrons. The summed E-state index contributed by atoms with van der Waals surface area (Å²) in [4.78, 5) is 0. The molecular weight excluding hydrogens is 252 g/mol. The van der Waals surface area contributed by atoms with E-state index < -0.39 is 0 Å². The minimum absolute atomic E-state index is 0.633. The Morgan fingerprint density at radius 1 is 1.19 bits per heavy atom. The molecule has 1 aliphatic carbocycles. The quantitative estimate of drug-likeness (QED) is 0.497. The molecule has 0 amide bonds. The summed E-state index contributed by atoms with van der Waals surface area (Å²) in [6.45, 7) is 11.5. The molecule has 1 aromatic rings. The van der Waals surface area contributed by atoms with E-state index >= 15 is 0 Å². The third-order valence-electron chi connectivity index (χ3n) is 5.11. The van der Waals surface area contributed by atoms with Crippen molar-refractivity contribution in [3.8, 4) is 0 Å². The average molecular weight is 284 g/mol. The maximum Gasteiger partial charge on any atom is -0.0119 e. The van der Waals surface area contributed by atoms with Gasteiger partial charge in [0.05, 0.1) is 0 Å². The zero-order valence-corrected chi connectivity index (χ0v) is 14.6. The molecule has 0 saturated carbocycles. The molecule has 0 fully saturated rings. The van der Waals surface area contributed by atoms with E-state index in [9.17, 15) is 0 Å². The molecule has 2 unspecified atom stereocenters. The Morgan fingerprint density at radius 3 is 2.57 bits per heavy atom. The highest BCUT2D eigenvalue weighted by Gasteiger charge is 2.29. The molecule has 0 spiro atoms. The third-order valence-corrected chi connectivity index (χ3v) is 5.11. The highest BCUT2D eigenvalue weighted by Crippen LogP contribution is 2.46. The molecule has 0 heteroatoms. The lowest BCUT2D eigenvalue weighted by Gasteiger charge is -2.13. The first kappa shape index (κ1) is 16.3. The highest BCUT2D eigenvalue weighted by molar-refractivity contribution is 5.42. The Balaban J connectivity index is 2.23. The van der Waals surface area contributed by atoms with Gasteiger partial charge in [-0.15, -0.1) is 0 Å². The second-order valence-corrected chi connectivity index (χ2v) is 7.12. The summed E-state index contributed by atoms with van der Waals surface area (Å²) in [5.41, 5.74) is 6.35. The molecular formula is C21H32. The van der Waals surface area contributed by atoms with Gasteiger partial charge in [-0.3, -0.25) is 0 Å². The van der Waals surface area contributed by atoms with Crippen molar-refractivity contribution in [1.29, 1.82) is 0 Å². The summed E-state index contributed by atoms with van der Waals surface area (Å²) in [5.74, 6) is 2.16. The van der Waals surface area contributed by atoms with Crippen LogP contribution in [0.1, 0.15) is 101 Å². The minimum atomic E-state index is 0.633.